The number of ether oxygens (including phenoxy) is 1. The van der Waals surface area contributed by atoms with Crippen molar-refractivity contribution in [2.75, 3.05) is 0 Å². The first kappa shape index (κ1) is 22.1. The highest BCUT2D eigenvalue weighted by atomic mass is 32.2. The maximum Gasteiger partial charge on any atom is 0.336 e. The number of benzene rings is 3. The summed E-state index contributed by atoms with van der Waals surface area (Å²) in [5.74, 6) is -2.76. The Bertz CT molecular complexity index is 1190. The molecule has 3 N–H and O–H groups in total. The summed E-state index contributed by atoms with van der Waals surface area (Å²) in [5, 5.41) is 19.0. The third kappa shape index (κ3) is 5.14. The minimum absolute atomic E-state index is 0.158. The number of rotatable bonds is 7. The third-order valence-corrected chi connectivity index (χ3v) is 5.07. The molecule has 160 valence electrons. The van der Waals surface area contributed by atoms with Crippen LogP contribution in [0.25, 0.3) is 11.1 Å². The standard InChI is InChI=1S/C22H17FO7S/c1-12-8-17(19(22(26)27)10-16(12)21(24)25)18-9-13(11-31(28)29)2-7-20(18)30-15-5-3-14(23)4-6-15/h2-10H,11H2,1H3,(H,24,25)(H,26,27)(H,28,29). The lowest BCUT2D eigenvalue weighted by Gasteiger charge is -2.16. The highest BCUT2D eigenvalue weighted by molar-refractivity contribution is 7.78. The van der Waals surface area contributed by atoms with Gasteiger partial charge in [0.25, 0.3) is 0 Å². The third-order valence-electron chi connectivity index (χ3n) is 4.49. The van der Waals surface area contributed by atoms with Crippen LogP contribution < -0.4 is 4.74 Å². The van der Waals surface area contributed by atoms with Gasteiger partial charge in [0.05, 0.1) is 16.9 Å². The molecule has 0 radical (unpaired) electrons. The second-order valence-electron chi connectivity index (χ2n) is 6.68. The van der Waals surface area contributed by atoms with Crippen LogP contribution in [0, 0.1) is 12.7 Å². The quantitative estimate of drug-likeness (QED) is 0.451. The van der Waals surface area contributed by atoms with Crippen molar-refractivity contribution in [3.63, 3.8) is 0 Å². The summed E-state index contributed by atoms with van der Waals surface area (Å²) in [5.41, 5.74) is 0.807. The average molecular weight is 444 g/mol. The molecule has 1 atom stereocenters. The zero-order valence-corrected chi connectivity index (χ0v) is 17.0. The normalized spacial score (nSPS) is 11.7. The Hall–Kier alpha value is -3.56. The first-order chi connectivity index (χ1) is 14.7. The fraction of sp³-hybridized carbons (Fsp3) is 0.0909. The molecule has 7 nitrogen and oxygen atoms in total. The van der Waals surface area contributed by atoms with Crippen molar-refractivity contribution in [2.45, 2.75) is 12.7 Å². The lowest BCUT2D eigenvalue weighted by Crippen LogP contribution is -2.07. The van der Waals surface area contributed by atoms with Crippen molar-refractivity contribution in [1.29, 1.82) is 0 Å². The fourth-order valence-electron chi connectivity index (χ4n) is 3.08. The molecule has 0 fully saturated rings. The Morgan fingerprint density at radius 2 is 1.58 bits per heavy atom. The van der Waals surface area contributed by atoms with Crippen LogP contribution in [0.5, 0.6) is 11.5 Å². The molecule has 1 unspecified atom stereocenters. The number of carboxylic acid groups (broad SMARTS) is 2. The van der Waals surface area contributed by atoms with E-state index in [2.05, 4.69) is 0 Å². The molecule has 0 bridgehead atoms. The molecule has 0 saturated carbocycles. The van der Waals surface area contributed by atoms with Crippen molar-refractivity contribution in [3.05, 3.63) is 82.7 Å². The highest BCUT2D eigenvalue weighted by Gasteiger charge is 2.21. The summed E-state index contributed by atoms with van der Waals surface area (Å²) in [6.07, 6.45) is 0. The van der Waals surface area contributed by atoms with Crippen LogP contribution in [0.2, 0.25) is 0 Å². The van der Waals surface area contributed by atoms with Crippen LogP contribution in [0.1, 0.15) is 31.8 Å². The van der Waals surface area contributed by atoms with Gasteiger partial charge in [0.15, 0.2) is 11.1 Å². The molecule has 0 aromatic heterocycles. The Balaban J connectivity index is 2.22. The van der Waals surface area contributed by atoms with E-state index >= 15 is 0 Å². The topological polar surface area (TPSA) is 121 Å². The Kier molecular flexibility index (Phi) is 6.47. The van der Waals surface area contributed by atoms with Crippen molar-refractivity contribution in [3.8, 4) is 22.6 Å². The van der Waals surface area contributed by atoms with E-state index in [9.17, 15) is 33.0 Å². The van der Waals surface area contributed by atoms with Gasteiger partial charge in [-0.1, -0.05) is 6.07 Å². The Morgan fingerprint density at radius 3 is 2.16 bits per heavy atom. The predicted octanol–water partition coefficient (Wildman–Crippen LogP) is 4.71. The molecular formula is C22H17FO7S. The summed E-state index contributed by atoms with van der Waals surface area (Å²) >= 11 is -2.13. The summed E-state index contributed by atoms with van der Waals surface area (Å²) in [7, 11) is 0. The van der Waals surface area contributed by atoms with Crippen molar-refractivity contribution >= 4 is 23.0 Å². The first-order valence-corrected chi connectivity index (χ1v) is 10.2. The molecule has 0 heterocycles. The van der Waals surface area contributed by atoms with E-state index in [1.165, 1.54) is 49.4 Å². The lowest BCUT2D eigenvalue weighted by atomic mass is 9.92. The molecule has 31 heavy (non-hydrogen) atoms. The molecule has 0 aliphatic rings. The average Bonchev–Trinajstić information content (AvgIpc) is 2.69. The molecule has 0 aliphatic carbocycles. The van der Waals surface area contributed by atoms with E-state index in [0.717, 1.165) is 6.07 Å². The molecule has 3 aromatic carbocycles. The largest absolute Gasteiger partial charge is 0.478 e. The molecule has 0 aliphatic heterocycles. The molecule has 9 heteroatoms. The van der Waals surface area contributed by atoms with Gasteiger partial charge >= 0.3 is 11.9 Å². The van der Waals surface area contributed by atoms with Gasteiger partial charge in [0.2, 0.25) is 0 Å². The Labute approximate surface area is 179 Å². The van der Waals surface area contributed by atoms with Crippen LogP contribution in [0.3, 0.4) is 0 Å². The number of aromatic carboxylic acids is 2. The summed E-state index contributed by atoms with van der Waals surface area (Å²) in [4.78, 5) is 23.3. The van der Waals surface area contributed by atoms with Gasteiger partial charge in [-0.3, -0.25) is 0 Å². The van der Waals surface area contributed by atoms with E-state index in [-0.39, 0.29) is 39.5 Å². The van der Waals surface area contributed by atoms with Gasteiger partial charge in [-0.2, -0.15) is 0 Å². The second-order valence-corrected chi connectivity index (χ2v) is 7.61. The van der Waals surface area contributed by atoms with Gasteiger partial charge in [-0.05, 0) is 66.6 Å². The van der Waals surface area contributed by atoms with Crippen LogP contribution in [0.4, 0.5) is 4.39 Å². The van der Waals surface area contributed by atoms with Gasteiger partial charge in [0, 0.05) is 11.1 Å². The molecule has 0 saturated heterocycles. The van der Waals surface area contributed by atoms with E-state index < -0.39 is 28.8 Å². The van der Waals surface area contributed by atoms with Gasteiger partial charge in [-0.15, -0.1) is 0 Å². The minimum Gasteiger partial charge on any atom is -0.478 e. The lowest BCUT2D eigenvalue weighted by molar-refractivity contribution is 0.0695. The van der Waals surface area contributed by atoms with Gasteiger partial charge in [-0.25, -0.2) is 18.2 Å². The van der Waals surface area contributed by atoms with E-state index in [0.29, 0.717) is 11.1 Å². The molecule has 0 amide bonds. The summed E-state index contributed by atoms with van der Waals surface area (Å²) in [6.45, 7) is 1.53. The fourth-order valence-corrected chi connectivity index (χ4v) is 3.54. The van der Waals surface area contributed by atoms with Crippen molar-refractivity contribution in [1.82, 2.24) is 0 Å². The molecule has 0 spiro atoms. The van der Waals surface area contributed by atoms with Gasteiger partial charge in [0.1, 0.15) is 17.3 Å². The monoisotopic (exact) mass is 444 g/mol. The number of hydrogen-bond donors (Lipinski definition) is 3. The smallest absolute Gasteiger partial charge is 0.336 e. The number of aryl methyl sites for hydroxylation is 1. The second kappa shape index (κ2) is 9.07. The molecular weight excluding hydrogens is 427 g/mol. The molecule has 3 rings (SSSR count). The van der Waals surface area contributed by atoms with Crippen LogP contribution >= 0.6 is 0 Å². The van der Waals surface area contributed by atoms with E-state index in [1.54, 1.807) is 6.07 Å². The SMILES string of the molecule is Cc1cc(-c2cc(CS(=O)O)ccc2Oc2ccc(F)cc2)c(C(=O)O)cc1C(=O)O. The van der Waals surface area contributed by atoms with E-state index in [1.807, 2.05) is 0 Å². The van der Waals surface area contributed by atoms with Crippen molar-refractivity contribution in [2.24, 2.45) is 0 Å². The number of carbonyl (C=O) groups is 2. The highest BCUT2D eigenvalue weighted by Crippen LogP contribution is 2.37. The maximum atomic E-state index is 13.2. The summed E-state index contributed by atoms with van der Waals surface area (Å²) in [6, 6.07) is 12.2. The molecule has 3 aromatic rings. The zero-order valence-electron chi connectivity index (χ0n) is 16.2. The number of carboxylic acids is 2. The summed E-state index contributed by atoms with van der Waals surface area (Å²) < 4.78 is 39.5. The minimum atomic E-state index is -2.13. The Morgan fingerprint density at radius 1 is 0.935 bits per heavy atom. The predicted molar refractivity (Wildman–Crippen MR) is 111 cm³/mol. The number of hydrogen-bond acceptors (Lipinski definition) is 4. The zero-order chi connectivity index (χ0) is 22.7. The van der Waals surface area contributed by atoms with Gasteiger partial charge < -0.3 is 19.5 Å². The first-order valence-electron chi connectivity index (χ1n) is 8.91. The number of halogens is 1. The van der Waals surface area contributed by atoms with E-state index in [4.69, 9.17) is 4.74 Å². The van der Waals surface area contributed by atoms with Crippen LogP contribution in [0.15, 0.2) is 54.6 Å². The van der Waals surface area contributed by atoms with Crippen molar-refractivity contribution < 1.29 is 37.7 Å². The maximum absolute atomic E-state index is 13.2. The van der Waals surface area contributed by atoms with Crippen LogP contribution in [-0.2, 0) is 16.8 Å². The van der Waals surface area contributed by atoms with Crippen LogP contribution in [-0.4, -0.2) is 30.9 Å².